The average molecular weight is 244 g/mol. The predicted octanol–water partition coefficient (Wildman–Crippen LogP) is -3.39. The van der Waals surface area contributed by atoms with Crippen LogP contribution in [0.25, 0.3) is 0 Å². The van der Waals surface area contributed by atoms with Gasteiger partial charge in [-0.1, -0.05) is 0 Å². The Kier molecular flexibility index (Phi) is 90.3. The zero-order valence-corrected chi connectivity index (χ0v) is 6.85. The summed E-state index contributed by atoms with van der Waals surface area (Å²) in [5, 5.41) is 0. The summed E-state index contributed by atoms with van der Waals surface area (Å²) in [6, 6.07) is 0. The minimum atomic E-state index is 0. The van der Waals surface area contributed by atoms with Gasteiger partial charge >= 0.3 is 44.4 Å². The molecule has 0 bridgehead atoms. The number of rotatable bonds is 0. The Morgan fingerprint density at radius 1 is 1.50 bits per heavy atom. The van der Waals surface area contributed by atoms with Gasteiger partial charge < -0.3 is 1.43 Å². The molecule has 0 saturated carbocycles. The van der Waals surface area contributed by atoms with E-state index in [4.69, 9.17) is 3.08 Å². The van der Waals surface area contributed by atoms with E-state index in [9.17, 15) is 0 Å². The zero-order valence-electron chi connectivity index (χ0n) is 3.26. The van der Waals surface area contributed by atoms with Gasteiger partial charge in [0.1, 0.15) is 0 Å². The monoisotopic (exact) mass is 246 g/mol. The molecule has 0 saturated heterocycles. The first kappa shape index (κ1) is 17.0. The third-order valence-electron chi connectivity index (χ3n) is 0. The van der Waals surface area contributed by atoms with Gasteiger partial charge in [0.15, 0.2) is 0 Å². The molecule has 0 aromatic heterocycles. The zero-order chi connectivity index (χ0) is 2.00. The standard InChI is InChI=1S/Li.O.Ru.Sn.H/q+1;;;;-1. The molecule has 0 aromatic rings. The van der Waals surface area contributed by atoms with E-state index in [1.165, 1.54) is 0 Å². The van der Waals surface area contributed by atoms with Crippen molar-refractivity contribution in [2.45, 2.75) is 0 Å². The van der Waals surface area contributed by atoms with E-state index in [0.29, 0.717) is 22.5 Å². The molecule has 0 aliphatic rings. The van der Waals surface area contributed by atoms with Crippen molar-refractivity contribution in [3.63, 3.8) is 0 Å². The Morgan fingerprint density at radius 3 is 1.50 bits per heavy atom. The van der Waals surface area contributed by atoms with Gasteiger partial charge in [0.25, 0.3) is 0 Å². The Bertz CT molecular complexity index is 11.6. The van der Waals surface area contributed by atoms with Crippen LogP contribution in [0, 0.1) is 0 Å². The van der Waals surface area contributed by atoms with E-state index in [1.54, 1.807) is 0 Å². The van der Waals surface area contributed by atoms with Gasteiger partial charge in [-0.15, -0.1) is 0 Å². The van der Waals surface area contributed by atoms with Gasteiger partial charge in [-0.25, -0.2) is 0 Å². The van der Waals surface area contributed by atoms with Gasteiger partial charge in [0, 0.05) is 19.5 Å². The van der Waals surface area contributed by atoms with Crippen molar-refractivity contribution in [1.29, 1.82) is 0 Å². The summed E-state index contributed by atoms with van der Waals surface area (Å²) in [5.41, 5.74) is 0. The van der Waals surface area contributed by atoms with E-state index in [0.717, 1.165) is 0 Å². The molecule has 1 nitrogen and oxygen atoms in total. The Labute approximate surface area is 64.8 Å². The molecule has 4 heavy (non-hydrogen) atoms. The fourth-order valence-electron chi connectivity index (χ4n) is 0. The molecule has 0 N–H and O–H groups in total. The first-order valence-electron chi connectivity index (χ1n) is 0.204. The largest absolute Gasteiger partial charge is 0 e. The van der Waals surface area contributed by atoms with Crippen molar-refractivity contribution < 1.29 is 42.8 Å². The van der Waals surface area contributed by atoms with Crippen molar-refractivity contribution in [2.24, 2.45) is 0 Å². The topological polar surface area (TPSA) is 17.1 Å². The van der Waals surface area contributed by atoms with Crippen molar-refractivity contribution in [1.82, 2.24) is 0 Å². The third kappa shape index (κ3) is 9.17. The summed E-state index contributed by atoms with van der Waals surface area (Å²) in [6.07, 6.45) is 0. The number of hydrogen-bond donors (Lipinski definition) is 0. The normalized spacial score (nSPS) is 1.00. The summed E-state index contributed by atoms with van der Waals surface area (Å²) < 4.78 is 8.34. The van der Waals surface area contributed by atoms with Crippen LogP contribution in [0.4, 0.5) is 0 Å². The molecule has 0 unspecified atom stereocenters. The van der Waals surface area contributed by atoms with E-state index in [1.807, 2.05) is 0 Å². The molecular weight excluding hydrogens is 243 g/mol. The molecule has 0 aliphatic carbocycles. The molecule has 0 fully saturated rings. The molecule has 0 atom stereocenters. The summed E-state index contributed by atoms with van der Waals surface area (Å²) in [5.74, 6) is 0. The summed E-state index contributed by atoms with van der Waals surface area (Å²) in [6.45, 7) is 0. The van der Waals surface area contributed by atoms with E-state index in [-0.39, 0.29) is 39.8 Å². The summed E-state index contributed by atoms with van der Waals surface area (Å²) >= 11 is 0.300. The summed E-state index contributed by atoms with van der Waals surface area (Å²) in [4.78, 5) is 0. The van der Waals surface area contributed by atoms with Gasteiger partial charge in [-0.05, 0) is 0 Å². The van der Waals surface area contributed by atoms with Crippen LogP contribution in [0.2, 0.25) is 0 Å². The van der Waals surface area contributed by atoms with Crippen molar-refractivity contribution in [3.05, 3.63) is 0 Å². The molecule has 0 heterocycles. The van der Waals surface area contributed by atoms with E-state index >= 15 is 0 Å². The van der Waals surface area contributed by atoms with Gasteiger partial charge in [-0.2, -0.15) is 0 Å². The fraction of sp³-hybridized carbons (Fsp3) is 0. The summed E-state index contributed by atoms with van der Waals surface area (Å²) in [7, 11) is 0. The van der Waals surface area contributed by atoms with Crippen LogP contribution < -0.4 is 18.9 Å². The Balaban J connectivity index is -0.00000000167. The van der Waals surface area contributed by atoms with Crippen LogP contribution in [0.3, 0.4) is 0 Å². The fourth-order valence-corrected chi connectivity index (χ4v) is 0. The second kappa shape index (κ2) is 21.2. The molecule has 0 aliphatic heterocycles. The van der Waals surface area contributed by atoms with Crippen molar-refractivity contribution >= 4 is 22.5 Å². The predicted molar refractivity (Wildman–Crippen MR) is 7.55 cm³/mol. The Hall–Kier alpha value is 1.82. The minimum absolute atomic E-state index is 0. The molecule has 0 rings (SSSR count). The van der Waals surface area contributed by atoms with Crippen LogP contribution >= 0.6 is 0 Å². The average Bonchev–Trinajstić information content (AvgIpc) is 1.00. The molecule has 2 radical (unpaired) electrons. The molecule has 4 heteroatoms. The smallest absolute Gasteiger partial charge is 0 e. The molecule has 20 valence electrons. The maximum absolute atomic E-state index is 8.34. The van der Waals surface area contributed by atoms with Crippen LogP contribution in [-0.4, -0.2) is 22.5 Å². The molecule has 0 aromatic carbocycles. The minimum Gasteiger partial charge on any atom is 0 e. The molecule has 0 spiro atoms. The van der Waals surface area contributed by atoms with Crippen LogP contribution in [0.1, 0.15) is 1.43 Å². The maximum Gasteiger partial charge on any atom is 0 e. The maximum atomic E-state index is 8.34. The van der Waals surface area contributed by atoms with Crippen LogP contribution in [-0.2, 0) is 22.6 Å². The van der Waals surface area contributed by atoms with Crippen LogP contribution in [0.15, 0.2) is 0 Å². The second-order valence-corrected chi connectivity index (χ2v) is 0. The first-order chi connectivity index (χ1) is 1.00. The van der Waals surface area contributed by atoms with Crippen LogP contribution in [0.5, 0.6) is 0 Å². The van der Waals surface area contributed by atoms with Gasteiger partial charge in [0.05, 0.1) is 0 Å². The first-order valence-corrected chi connectivity index (χ1v) is 1.37. The van der Waals surface area contributed by atoms with Crippen molar-refractivity contribution in [3.8, 4) is 0 Å². The van der Waals surface area contributed by atoms with Gasteiger partial charge in [0.2, 0.25) is 0 Å². The molecule has 0 amide bonds. The van der Waals surface area contributed by atoms with Crippen molar-refractivity contribution in [2.75, 3.05) is 0 Å². The molecular formula is HLiORuSn. The van der Waals surface area contributed by atoms with Gasteiger partial charge in [-0.3, -0.25) is 0 Å². The SMILES string of the molecule is [H-].[Li+].[O]=[Sn].[Ru]. The number of hydrogen-bond acceptors (Lipinski definition) is 1. The van der Waals surface area contributed by atoms with E-state index in [2.05, 4.69) is 0 Å². The van der Waals surface area contributed by atoms with E-state index < -0.39 is 0 Å². The quantitative estimate of drug-likeness (QED) is 0.406. The Morgan fingerprint density at radius 2 is 1.50 bits per heavy atom. The third-order valence-corrected chi connectivity index (χ3v) is 0. The second-order valence-electron chi connectivity index (χ2n) is 0.